The van der Waals surface area contributed by atoms with Crippen LogP contribution in [0.3, 0.4) is 0 Å². The van der Waals surface area contributed by atoms with E-state index in [0.717, 1.165) is 58.7 Å². The van der Waals surface area contributed by atoms with Crippen molar-refractivity contribution in [3.63, 3.8) is 0 Å². The zero-order valence-electron chi connectivity index (χ0n) is 26.9. The van der Waals surface area contributed by atoms with Crippen molar-refractivity contribution in [3.05, 3.63) is 130 Å². The normalized spacial score (nSPS) is 14.3. The monoisotopic (exact) mass is 671 g/mol. The smallest absolute Gasteiger partial charge is 0.264 e. The van der Waals surface area contributed by atoms with E-state index in [0.29, 0.717) is 10.7 Å². The van der Waals surface area contributed by atoms with Gasteiger partial charge in [-0.25, -0.2) is 8.42 Å². The molecular weight excluding hydrogens is 630 g/mol. The van der Waals surface area contributed by atoms with Crippen LogP contribution in [0, 0.1) is 13.8 Å². The predicted octanol–water partition coefficient (Wildman–Crippen LogP) is 7.24. The van der Waals surface area contributed by atoms with Gasteiger partial charge in [0.25, 0.3) is 10.0 Å². The molecule has 2 amide bonds. The molecule has 1 aliphatic carbocycles. The minimum absolute atomic E-state index is 0.0352. The molecule has 5 rings (SSSR count). The average molecular weight is 672 g/mol. The van der Waals surface area contributed by atoms with E-state index in [1.54, 1.807) is 48.5 Å². The maximum atomic E-state index is 14.6. The highest BCUT2D eigenvalue weighted by Gasteiger charge is 2.35. The Labute approximate surface area is 283 Å². The fraction of sp³-hybridized carbons (Fsp3) is 0.316. The van der Waals surface area contributed by atoms with Gasteiger partial charge in [-0.15, -0.1) is 0 Å². The molecule has 0 aromatic heterocycles. The summed E-state index contributed by atoms with van der Waals surface area (Å²) in [7, 11) is -4.15. The van der Waals surface area contributed by atoms with Crippen LogP contribution in [0.2, 0.25) is 5.02 Å². The lowest BCUT2D eigenvalue weighted by Gasteiger charge is -2.35. The first-order valence-electron chi connectivity index (χ1n) is 16.1. The molecule has 246 valence electrons. The Kier molecular flexibility index (Phi) is 11.4. The molecule has 9 heteroatoms. The second-order valence-electron chi connectivity index (χ2n) is 12.4. The van der Waals surface area contributed by atoms with Crippen molar-refractivity contribution in [1.29, 1.82) is 0 Å². The number of halogens is 1. The van der Waals surface area contributed by atoms with Crippen molar-refractivity contribution in [1.82, 2.24) is 10.2 Å². The third-order valence-electron chi connectivity index (χ3n) is 8.70. The number of carbonyl (C=O) groups is 2. The number of hydrogen-bond donors (Lipinski definition) is 1. The van der Waals surface area contributed by atoms with Crippen LogP contribution in [0.1, 0.15) is 54.4 Å². The SMILES string of the molecule is Cc1ccc(N(CC(=O)N(Cc2ccc(Cl)cc2)[C@H](Cc2ccccc2)C(=O)NC2CCCCC2)S(=O)(=O)c2ccc(C)cc2)cc1. The third-order valence-corrected chi connectivity index (χ3v) is 10.7. The van der Waals surface area contributed by atoms with Crippen LogP contribution < -0.4 is 9.62 Å². The van der Waals surface area contributed by atoms with Gasteiger partial charge in [-0.05, 0) is 74.2 Å². The number of nitrogens with zero attached hydrogens (tertiary/aromatic N) is 2. The van der Waals surface area contributed by atoms with Gasteiger partial charge in [0.2, 0.25) is 11.8 Å². The van der Waals surface area contributed by atoms with Gasteiger partial charge in [-0.3, -0.25) is 13.9 Å². The van der Waals surface area contributed by atoms with Crippen LogP contribution in [-0.4, -0.2) is 43.8 Å². The molecule has 4 aromatic carbocycles. The summed E-state index contributed by atoms with van der Waals surface area (Å²) in [6.45, 7) is 3.41. The third kappa shape index (κ3) is 9.02. The molecule has 0 heterocycles. The van der Waals surface area contributed by atoms with Gasteiger partial charge in [0.05, 0.1) is 10.6 Å². The molecule has 0 saturated heterocycles. The number of rotatable bonds is 12. The first-order chi connectivity index (χ1) is 22.6. The maximum Gasteiger partial charge on any atom is 0.264 e. The summed E-state index contributed by atoms with van der Waals surface area (Å²) in [4.78, 5) is 30.4. The fourth-order valence-electron chi connectivity index (χ4n) is 5.96. The molecule has 7 nitrogen and oxygen atoms in total. The zero-order chi connectivity index (χ0) is 33.4. The number of nitrogens with one attached hydrogen (secondary N) is 1. The summed E-state index contributed by atoms with van der Waals surface area (Å²) in [5.41, 5.74) is 3.91. The van der Waals surface area contributed by atoms with Gasteiger partial charge in [0.1, 0.15) is 12.6 Å². The van der Waals surface area contributed by atoms with Crippen molar-refractivity contribution >= 4 is 39.1 Å². The highest BCUT2D eigenvalue weighted by Crippen LogP contribution is 2.26. The van der Waals surface area contributed by atoms with E-state index in [2.05, 4.69) is 5.32 Å². The van der Waals surface area contributed by atoms with Gasteiger partial charge in [-0.2, -0.15) is 0 Å². The van der Waals surface area contributed by atoms with Crippen LogP contribution in [0.4, 0.5) is 5.69 Å². The van der Waals surface area contributed by atoms with Gasteiger partial charge >= 0.3 is 0 Å². The fourth-order valence-corrected chi connectivity index (χ4v) is 7.50. The molecule has 0 bridgehead atoms. The number of amides is 2. The van der Waals surface area contributed by atoms with E-state index in [9.17, 15) is 18.0 Å². The zero-order valence-corrected chi connectivity index (χ0v) is 28.5. The van der Waals surface area contributed by atoms with Crippen LogP contribution >= 0.6 is 11.6 Å². The molecule has 1 N–H and O–H groups in total. The number of sulfonamides is 1. The maximum absolute atomic E-state index is 14.6. The molecule has 1 atom stereocenters. The highest BCUT2D eigenvalue weighted by molar-refractivity contribution is 7.92. The summed E-state index contributed by atoms with van der Waals surface area (Å²) in [5, 5.41) is 3.79. The molecule has 0 aliphatic heterocycles. The van der Waals surface area contributed by atoms with E-state index in [-0.39, 0.29) is 29.8 Å². The summed E-state index contributed by atoms with van der Waals surface area (Å²) >= 11 is 6.19. The molecule has 1 aliphatic rings. The first-order valence-corrected chi connectivity index (χ1v) is 18.0. The van der Waals surface area contributed by atoms with Crippen molar-refractivity contribution in [2.75, 3.05) is 10.8 Å². The second-order valence-corrected chi connectivity index (χ2v) is 14.7. The van der Waals surface area contributed by atoms with Crippen LogP contribution in [0.15, 0.2) is 108 Å². The van der Waals surface area contributed by atoms with Crippen molar-refractivity contribution < 1.29 is 18.0 Å². The molecular formula is C38H42ClN3O4S. The van der Waals surface area contributed by atoms with E-state index in [4.69, 9.17) is 11.6 Å². The van der Waals surface area contributed by atoms with Crippen LogP contribution in [0.25, 0.3) is 0 Å². The Morgan fingerprint density at radius 1 is 0.787 bits per heavy atom. The molecule has 47 heavy (non-hydrogen) atoms. The molecule has 1 saturated carbocycles. The van der Waals surface area contributed by atoms with Gasteiger partial charge < -0.3 is 10.2 Å². The van der Waals surface area contributed by atoms with Crippen molar-refractivity contribution in [2.45, 2.75) is 75.9 Å². The van der Waals surface area contributed by atoms with Crippen molar-refractivity contribution in [3.8, 4) is 0 Å². The average Bonchev–Trinajstić information content (AvgIpc) is 3.07. The quantitative estimate of drug-likeness (QED) is 0.172. The molecule has 1 fully saturated rings. The minimum Gasteiger partial charge on any atom is -0.352 e. The minimum atomic E-state index is -4.15. The number of aryl methyl sites for hydroxylation is 2. The summed E-state index contributed by atoms with van der Waals surface area (Å²) in [6.07, 6.45) is 5.29. The topological polar surface area (TPSA) is 86.8 Å². The Hall–Kier alpha value is -4.14. The highest BCUT2D eigenvalue weighted by atomic mass is 35.5. The molecule has 4 aromatic rings. The summed E-state index contributed by atoms with van der Waals surface area (Å²) in [6, 6.07) is 29.5. The van der Waals surface area contributed by atoms with E-state index in [1.807, 2.05) is 68.4 Å². The standard InChI is InChI=1S/C38H42ClN3O4S/c1-28-13-21-34(22-14-28)42(47(45,46)35-23-15-29(2)16-24-35)27-37(43)41(26-31-17-19-32(39)20-18-31)36(25-30-9-5-3-6-10-30)38(44)40-33-11-7-4-8-12-33/h3,5-6,9-10,13-24,33,36H,4,7-8,11-12,25-27H2,1-2H3,(H,40,44)/t36-/m1/s1. The van der Waals surface area contributed by atoms with E-state index < -0.39 is 28.5 Å². The van der Waals surface area contributed by atoms with Gasteiger partial charge in [0.15, 0.2) is 0 Å². The lowest BCUT2D eigenvalue weighted by Crippen LogP contribution is -2.55. The number of anilines is 1. The second kappa shape index (κ2) is 15.6. The predicted molar refractivity (Wildman–Crippen MR) is 188 cm³/mol. The van der Waals surface area contributed by atoms with Gasteiger partial charge in [0, 0.05) is 24.0 Å². The van der Waals surface area contributed by atoms with E-state index in [1.165, 1.54) is 4.90 Å². The Bertz CT molecular complexity index is 1740. The molecule has 0 radical (unpaired) electrons. The van der Waals surface area contributed by atoms with Crippen LogP contribution in [-0.2, 0) is 32.6 Å². The Morgan fingerprint density at radius 2 is 1.38 bits per heavy atom. The number of carbonyl (C=O) groups excluding carboxylic acids is 2. The lowest BCUT2D eigenvalue weighted by molar-refractivity contribution is -0.140. The first kappa shape index (κ1) is 34.2. The Morgan fingerprint density at radius 3 is 2.00 bits per heavy atom. The summed E-state index contributed by atoms with van der Waals surface area (Å²) in [5.74, 6) is -0.734. The van der Waals surface area contributed by atoms with Gasteiger partial charge in [-0.1, -0.05) is 109 Å². The van der Waals surface area contributed by atoms with Crippen molar-refractivity contribution in [2.24, 2.45) is 0 Å². The number of hydrogen-bond acceptors (Lipinski definition) is 4. The number of benzene rings is 4. The largest absolute Gasteiger partial charge is 0.352 e. The lowest BCUT2D eigenvalue weighted by atomic mass is 9.94. The molecule has 0 spiro atoms. The Balaban J connectivity index is 1.55. The molecule has 0 unspecified atom stereocenters. The summed E-state index contributed by atoms with van der Waals surface area (Å²) < 4.78 is 29.5. The van der Waals surface area contributed by atoms with E-state index >= 15 is 0 Å². The van der Waals surface area contributed by atoms with Crippen LogP contribution in [0.5, 0.6) is 0 Å².